The Bertz CT molecular complexity index is 1230. The molecule has 1 aromatic heterocycles. The lowest BCUT2D eigenvalue weighted by molar-refractivity contribution is -0.118. The van der Waals surface area contributed by atoms with E-state index >= 15 is 0 Å². The predicted octanol–water partition coefficient (Wildman–Crippen LogP) is 4.90. The number of carbonyl (C=O) groups is 2. The van der Waals surface area contributed by atoms with Crippen molar-refractivity contribution in [2.75, 3.05) is 23.4 Å². The van der Waals surface area contributed by atoms with Crippen LogP contribution in [0.3, 0.4) is 0 Å². The average molecular weight is 492 g/mol. The Kier molecular flexibility index (Phi) is 7.56. The van der Waals surface area contributed by atoms with Gasteiger partial charge in [0.25, 0.3) is 11.8 Å². The van der Waals surface area contributed by atoms with Gasteiger partial charge in [0.2, 0.25) is 0 Å². The number of nitrogens with zero attached hydrogens (tertiary/aromatic N) is 2. The van der Waals surface area contributed by atoms with Gasteiger partial charge in [-0.2, -0.15) is 0 Å². The number of ether oxygens (including phenoxy) is 2. The molecule has 4 rings (SSSR count). The molecule has 1 N–H and O–H groups in total. The van der Waals surface area contributed by atoms with Crippen molar-refractivity contribution in [2.24, 2.45) is 0 Å². The second-order valence-corrected chi connectivity index (χ2v) is 8.75. The van der Waals surface area contributed by atoms with Crippen molar-refractivity contribution in [3.8, 4) is 11.5 Å². The molecular formula is C25H21N3O4S2. The molecule has 9 heteroatoms. The van der Waals surface area contributed by atoms with Crippen LogP contribution in [0, 0.1) is 0 Å². The standard InChI is InChI=1S/C25H21N3O4S2/c1-2-31-21-13-17(10-11-20(21)32-16-23(29)27-18-7-4-3-5-8-18)14-22-24(30)28(25(33)34-22)19-9-6-12-26-15-19/h3-15H,2,16H2,1H3,(H,27,29)/b22-14-. The van der Waals surface area contributed by atoms with Crippen LogP contribution in [0.4, 0.5) is 11.4 Å². The fourth-order valence-corrected chi connectivity index (χ4v) is 4.49. The maximum absolute atomic E-state index is 12.9. The molecule has 0 atom stereocenters. The summed E-state index contributed by atoms with van der Waals surface area (Å²) in [4.78, 5) is 31.2. The van der Waals surface area contributed by atoms with E-state index in [1.54, 1.807) is 60.9 Å². The van der Waals surface area contributed by atoms with Crippen molar-refractivity contribution in [1.29, 1.82) is 0 Å². The summed E-state index contributed by atoms with van der Waals surface area (Å²) < 4.78 is 11.8. The van der Waals surface area contributed by atoms with Crippen LogP contribution in [-0.2, 0) is 9.59 Å². The first kappa shape index (κ1) is 23.5. The van der Waals surface area contributed by atoms with E-state index in [1.165, 1.54) is 16.7 Å². The van der Waals surface area contributed by atoms with Gasteiger partial charge >= 0.3 is 0 Å². The van der Waals surface area contributed by atoms with Crippen LogP contribution in [0.2, 0.25) is 0 Å². The van der Waals surface area contributed by atoms with E-state index in [2.05, 4.69) is 10.3 Å². The Morgan fingerprint density at radius 2 is 1.94 bits per heavy atom. The SMILES string of the molecule is CCOc1cc(/C=C2\SC(=S)N(c3cccnc3)C2=O)ccc1OCC(=O)Nc1ccccc1. The molecule has 1 aliphatic heterocycles. The van der Waals surface area contributed by atoms with Gasteiger partial charge in [0, 0.05) is 11.9 Å². The first-order valence-electron chi connectivity index (χ1n) is 10.5. The van der Waals surface area contributed by atoms with Crippen molar-refractivity contribution in [3.63, 3.8) is 0 Å². The topological polar surface area (TPSA) is 80.8 Å². The Labute approximate surface area is 206 Å². The van der Waals surface area contributed by atoms with Crippen LogP contribution >= 0.6 is 24.0 Å². The maximum Gasteiger partial charge on any atom is 0.270 e. The van der Waals surface area contributed by atoms with E-state index in [0.29, 0.717) is 38.7 Å². The summed E-state index contributed by atoms with van der Waals surface area (Å²) in [5.74, 6) is 0.423. The number of para-hydroxylation sites is 1. The van der Waals surface area contributed by atoms with Gasteiger partial charge in [-0.05, 0) is 55.0 Å². The molecule has 3 aromatic rings. The number of nitrogens with one attached hydrogen (secondary N) is 1. The molecule has 2 amide bonds. The van der Waals surface area contributed by atoms with Crippen molar-refractivity contribution in [2.45, 2.75) is 6.92 Å². The van der Waals surface area contributed by atoms with Gasteiger partial charge < -0.3 is 14.8 Å². The predicted molar refractivity (Wildman–Crippen MR) is 138 cm³/mol. The number of anilines is 2. The average Bonchev–Trinajstić information content (AvgIpc) is 3.12. The van der Waals surface area contributed by atoms with E-state index in [9.17, 15) is 9.59 Å². The molecule has 0 bridgehead atoms. The molecular weight excluding hydrogens is 470 g/mol. The third-order valence-electron chi connectivity index (χ3n) is 4.68. The second-order valence-electron chi connectivity index (χ2n) is 7.07. The van der Waals surface area contributed by atoms with Crippen molar-refractivity contribution >= 4 is 57.6 Å². The molecule has 172 valence electrons. The Hall–Kier alpha value is -3.69. The van der Waals surface area contributed by atoms with Crippen molar-refractivity contribution < 1.29 is 19.1 Å². The monoisotopic (exact) mass is 491 g/mol. The van der Waals surface area contributed by atoms with Crippen molar-refractivity contribution in [1.82, 2.24) is 4.98 Å². The van der Waals surface area contributed by atoms with Crippen LogP contribution in [0.25, 0.3) is 6.08 Å². The van der Waals surface area contributed by atoms with Crippen LogP contribution in [0.15, 0.2) is 78.0 Å². The van der Waals surface area contributed by atoms with Gasteiger partial charge in [-0.1, -0.05) is 48.2 Å². The largest absolute Gasteiger partial charge is 0.490 e. The number of benzene rings is 2. The Balaban J connectivity index is 1.48. The number of pyridine rings is 1. The van der Waals surface area contributed by atoms with Crippen molar-refractivity contribution in [3.05, 3.63) is 83.5 Å². The summed E-state index contributed by atoms with van der Waals surface area (Å²) in [7, 11) is 0. The molecule has 34 heavy (non-hydrogen) atoms. The highest BCUT2D eigenvalue weighted by atomic mass is 32.2. The summed E-state index contributed by atoms with van der Waals surface area (Å²) in [6.07, 6.45) is 4.99. The highest BCUT2D eigenvalue weighted by molar-refractivity contribution is 8.27. The smallest absolute Gasteiger partial charge is 0.270 e. The summed E-state index contributed by atoms with van der Waals surface area (Å²) in [5.41, 5.74) is 2.07. The van der Waals surface area contributed by atoms with Gasteiger partial charge in [0.05, 0.1) is 23.4 Å². The summed E-state index contributed by atoms with van der Waals surface area (Å²) in [6.45, 7) is 2.11. The highest BCUT2D eigenvalue weighted by Crippen LogP contribution is 2.37. The number of rotatable bonds is 8. The fourth-order valence-electron chi connectivity index (χ4n) is 3.19. The zero-order valence-corrected chi connectivity index (χ0v) is 19.9. The first-order chi connectivity index (χ1) is 16.5. The van der Waals surface area contributed by atoms with Crippen LogP contribution < -0.4 is 19.7 Å². The van der Waals surface area contributed by atoms with Gasteiger partial charge in [-0.15, -0.1) is 0 Å². The molecule has 1 fully saturated rings. The van der Waals surface area contributed by atoms with E-state index in [0.717, 1.165) is 5.56 Å². The number of hydrogen-bond donors (Lipinski definition) is 1. The third-order valence-corrected chi connectivity index (χ3v) is 5.98. The Morgan fingerprint density at radius 1 is 1.12 bits per heavy atom. The lowest BCUT2D eigenvalue weighted by Crippen LogP contribution is -2.27. The molecule has 7 nitrogen and oxygen atoms in total. The van der Waals surface area contributed by atoms with Crippen LogP contribution in [0.1, 0.15) is 12.5 Å². The normalized spacial score (nSPS) is 14.4. The molecule has 0 unspecified atom stereocenters. The Morgan fingerprint density at radius 3 is 2.68 bits per heavy atom. The molecule has 0 aliphatic carbocycles. The third kappa shape index (κ3) is 5.62. The highest BCUT2D eigenvalue weighted by Gasteiger charge is 2.33. The zero-order chi connectivity index (χ0) is 23.9. The maximum atomic E-state index is 12.9. The minimum Gasteiger partial charge on any atom is -0.490 e. The lowest BCUT2D eigenvalue weighted by Gasteiger charge is -2.13. The number of carbonyl (C=O) groups excluding carboxylic acids is 2. The molecule has 2 aromatic carbocycles. The fraction of sp³-hybridized carbons (Fsp3) is 0.120. The molecule has 2 heterocycles. The first-order valence-corrected chi connectivity index (χ1v) is 11.7. The number of aromatic nitrogens is 1. The molecule has 0 spiro atoms. The molecule has 0 saturated carbocycles. The van der Waals surface area contributed by atoms with E-state index < -0.39 is 0 Å². The zero-order valence-electron chi connectivity index (χ0n) is 18.3. The van der Waals surface area contributed by atoms with Gasteiger partial charge in [0.1, 0.15) is 0 Å². The van der Waals surface area contributed by atoms with Crippen LogP contribution in [0.5, 0.6) is 11.5 Å². The molecule has 1 aliphatic rings. The second kappa shape index (κ2) is 11.0. The molecule has 1 saturated heterocycles. The van der Waals surface area contributed by atoms with E-state index in [1.807, 2.05) is 25.1 Å². The van der Waals surface area contributed by atoms with Gasteiger partial charge in [-0.3, -0.25) is 19.5 Å². The quantitative estimate of drug-likeness (QED) is 0.354. The number of amides is 2. The lowest BCUT2D eigenvalue weighted by atomic mass is 10.2. The summed E-state index contributed by atoms with van der Waals surface area (Å²) in [5, 5.41) is 2.77. The number of thiocarbonyl (C=S) groups is 1. The number of thioether (sulfide) groups is 1. The minimum atomic E-state index is -0.281. The van der Waals surface area contributed by atoms with Gasteiger partial charge in [0.15, 0.2) is 22.4 Å². The van der Waals surface area contributed by atoms with E-state index in [-0.39, 0.29) is 18.4 Å². The number of hydrogen-bond acceptors (Lipinski definition) is 7. The summed E-state index contributed by atoms with van der Waals surface area (Å²) >= 11 is 6.63. The summed E-state index contributed by atoms with van der Waals surface area (Å²) in [6, 6.07) is 18.0. The molecule has 0 radical (unpaired) electrons. The van der Waals surface area contributed by atoms with E-state index in [4.69, 9.17) is 21.7 Å². The minimum absolute atomic E-state index is 0.169. The van der Waals surface area contributed by atoms with Crippen LogP contribution in [-0.4, -0.2) is 34.3 Å². The van der Waals surface area contributed by atoms with Gasteiger partial charge in [-0.25, -0.2) is 0 Å².